The molecule has 0 bridgehead atoms. The van der Waals surface area contributed by atoms with Crippen molar-refractivity contribution in [1.82, 2.24) is 15.2 Å². The molecular weight excluding hydrogens is 356 g/mol. The summed E-state index contributed by atoms with van der Waals surface area (Å²) in [5.74, 6) is 6.47. The Balaban J connectivity index is 2.55. The van der Waals surface area contributed by atoms with Gasteiger partial charge in [-0.15, -0.1) is 0 Å². The van der Waals surface area contributed by atoms with Crippen LogP contribution < -0.4 is 16.0 Å². The van der Waals surface area contributed by atoms with Crippen molar-refractivity contribution in [2.75, 3.05) is 7.11 Å². The number of hydrazine groups is 1. The Kier molecular flexibility index (Phi) is 5.27. The summed E-state index contributed by atoms with van der Waals surface area (Å²) in [4.78, 5) is 0. The molecule has 0 saturated heterocycles. The van der Waals surface area contributed by atoms with Crippen molar-refractivity contribution in [3.8, 4) is 5.75 Å². The van der Waals surface area contributed by atoms with Crippen molar-refractivity contribution in [2.45, 2.75) is 25.9 Å². The number of methoxy groups -OCH3 is 1. The maximum atomic E-state index is 6.05. The van der Waals surface area contributed by atoms with Crippen LogP contribution in [0.2, 0.25) is 5.02 Å². The molecule has 0 radical (unpaired) electrons. The lowest BCUT2D eigenvalue weighted by atomic mass is 10.0. The number of hydrogen-bond acceptors (Lipinski definition) is 4. The number of nitrogens with two attached hydrogens (primary N) is 1. The number of aromatic nitrogens is 2. The van der Waals surface area contributed by atoms with Gasteiger partial charge in [-0.2, -0.15) is 5.10 Å². The van der Waals surface area contributed by atoms with E-state index in [4.69, 9.17) is 22.2 Å². The van der Waals surface area contributed by atoms with E-state index >= 15 is 0 Å². The molecule has 0 saturated carbocycles. The maximum absolute atomic E-state index is 6.05. The third-order valence-electron chi connectivity index (χ3n) is 3.22. The first kappa shape index (κ1) is 16.3. The van der Waals surface area contributed by atoms with Crippen LogP contribution in [0.4, 0.5) is 0 Å². The molecule has 1 unspecified atom stereocenters. The standard InChI is InChI=1S/C14H18BrClN4O/c1-8(2)20-14(12(21-3)7-18-20)13(19-17)9-4-5-11(16)10(15)6-9/h4-8,13,19H,17H2,1-3H3. The zero-order valence-corrected chi connectivity index (χ0v) is 14.4. The van der Waals surface area contributed by atoms with Crippen molar-refractivity contribution < 1.29 is 4.74 Å². The number of nitrogens with zero attached hydrogens (tertiary/aromatic N) is 2. The number of benzene rings is 1. The van der Waals surface area contributed by atoms with Crippen LogP contribution in [0.25, 0.3) is 0 Å². The van der Waals surface area contributed by atoms with Gasteiger partial charge in [0.15, 0.2) is 5.75 Å². The van der Waals surface area contributed by atoms with Gasteiger partial charge in [-0.1, -0.05) is 17.7 Å². The van der Waals surface area contributed by atoms with Gasteiger partial charge in [0.2, 0.25) is 0 Å². The lowest BCUT2D eigenvalue weighted by Gasteiger charge is -2.21. The maximum Gasteiger partial charge on any atom is 0.161 e. The summed E-state index contributed by atoms with van der Waals surface area (Å²) in [6.07, 6.45) is 1.70. The van der Waals surface area contributed by atoms with Gasteiger partial charge in [-0.3, -0.25) is 10.5 Å². The Labute approximate surface area is 137 Å². The van der Waals surface area contributed by atoms with Gasteiger partial charge in [0.05, 0.1) is 24.4 Å². The molecule has 0 fully saturated rings. The number of hydrogen-bond donors (Lipinski definition) is 2. The van der Waals surface area contributed by atoms with E-state index in [2.05, 4.69) is 40.3 Å². The third-order valence-corrected chi connectivity index (χ3v) is 4.44. The zero-order valence-electron chi connectivity index (χ0n) is 12.1. The zero-order chi connectivity index (χ0) is 15.6. The fourth-order valence-electron chi connectivity index (χ4n) is 2.22. The first-order valence-corrected chi connectivity index (χ1v) is 7.69. The fraction of sp³-hybridized carbons (Fsp3) is 0.357. The Morgan fingerprint density at radius 3 is 2.67 bits per heavy atom. The molecule has 0 aliphatic heterocycles. The average molecular weight is 374 g/mol. The minimum Gasteiger partial charge on any atom is -0.493 e. The molecule has 1 heterocycles. The van der Waals surface area contributed by atoms with Crippen LogP contribution in [-0.2, 0) is 0 Å². The molecular formula is C14H18BrClN4O. The molecule has 0 amide bonds. The molecule has 3 N–H and O–H groups in total. The molecule has 7 heteroatoms. The number of nitrogens with one attached hydrogen (secondary N) is 1. The van der Waals surface area contributed by atoms with Gasteiger partial charge in [0, 0.05) is 10.5 Å². The Morgan fingerprint density at radius 1 is 1.43 bits per heavy atom. The molecule has 1 aromatic carbocycles. The van der Waals surface area contributed by atoms with Crippen LogP contribution in [0.5, 0.6) is 5.75 Å². The van der Waals surface area contributed by atoms with E-state index in [-0.39, 0.29) is 12.1 Å². The summed E-state index contributed by atoms with van der Waals surface area (Å²) in [6, 6.07) is 5.63. The topological polar surface area (TPSA) is 65.1 Å². The van der Waals surface area contributed by atoms with E-state index in [0.717, 1.165) is 15.7 Å². The first-order valence-electron chi connectivity index (χ1n) is 6.52. The van der Waals surface area contributed by atoms with E-state index < -0.39 is 0 Å². The molecule has 5 nitrogen and oxygen atoms in total. The van der Waals surface area contributed by atoms with Gasteiger partial charge in [0.1, 0.15) is 5.69 Å². The van der Waals surface area contributed by atoms with E-state index in [0.29, 0.717) is 10.8 Å². The van der Waals surface area contributed by atoms with Crippen LogP contribution in [-0.4, -0.2) is 16.9 Å². The molecule has 1 atom stereocenters. The Bertz CT molecular complexity index is 629. The average Bonchev–Trinajstić information content (AvgIpc) is 2.87. The largest absolute Gasteiger partial charge is 0.493 e. The molecule has 114 valence electrons. The Hall–Kier alpha value is -1.08. The SMILES string of the molecule is COc1cnn(C(C)C)c1C(NN)c1ccc(Cl)c(Br)c1. The molecule has 2 rings (SSSR count). The first-order chi connectivity index (χ1) is 9.99. The van der Waals surface area contributed by atoms with E-state index in [1.54, 1.807) is 13.3 Å². The molecule has 21 heavy (non-hydrogen) atoms. The fourth-order valence-corrected chi connectivity index (χ4v) is 2.74. The van der Waals surface area contributed by atoms with Crippen LogP contribution >= 0.6 is 27.5 Å². The molecule has 0 aliphatic rings. The number of rotatable bonds is 5. The van der Waals surface area contributed by atoms with Crippen molar-refractivity contribution in [3.63, 3.8) is 0 Å². The molecule has 0 aliphatic carbocycles. The lowest BCUT2D eigenvalue weighted by Crippen LogP contribution is -2.31. The van der Waals surface area contributed by atoms with Crippen LogP contribution in [0, 0.1) is 0 Å². The lowest BCUT2D eigenvalue weighted by molar-refractivity contribution is 0.394. The van der Waals surface area contributed by atoms with Gasteiger partial charge in [0.25, 0.3) is 0 Å². The van der Waals surface area contributed by atoms with Crippen LogP contribution in [0.15, 0.2) is 28.9 Å². The van der Waals surface area contributed by atoms with E-state index in [1.807, 2.05) is 22.9 Å². The minimum atomic E-state index is -0.251. The summed E-state index contributed by atoms with van der Waals surface area (Å²) in [6.45, 7) is 4.11. The van der Waals surface area contributed by atoms with Gasteiger partial charge in [-0.25, -0.2) is 5.43 Å². The van der Waals surface area contributed by atoms with E-state index in [9.17, 15) is 0 Å². The van der Waals surface area contributed by atoms with Crippen molar-refractivity contribution in [2.24, 2.45) is 5.84 Å². The normalized spacial score (nSPS) is 12.7. The number of ether oxygens (including phenoxy) is 1. The van der Waals surface area contributed by atoms with Crippen molar-refractivity contribution >= 4 is 27.5 Å². The Morgan fingerprint density at radius 2 is 2.14 bits per heavy atom. The summed E-state index contributed by atoms with van der Waals surface area (Å²) in [5, 5.41) is 5.03. The number of halogens is 2. The summed E-state index contributed by atoms with van der Waals surface area (Å²) in [5.41, 5.74) is 4.68. The summed E-state index contributed by atoms with van der Waals surface area (Å²) in [7, 11) is 1.62. The highest BCUT2D eigenvalue weighted by Gasteiger charge is 2.24. The molecule has 1 aromatic heterocycles. The third kappa shape index (κ3) is 3.23. The summed E-state index contributed by atoms with van der Waals surface area (Å²) < 4.78 is 8.13. The van der Waals surface area contributed by atoms with Gasteiger partial charge in [-0.05, 0) is 47.5 Å². The highest BCUT2D eigenvalue weighted by atomic mass is 79.9. The second-order valence-corrected chi connectivity index (χ2v) is 6.17. The monoisotopic (exact) mass is 372 g/mol. The van der Waals surface area contributed by atoms with Crippen LogP contribution in [0.1, 0.15) is 37.2 Å². The minimum absolute atomic E-state index is 0.190. The second-order valence-electron chi connectivity index (χ2n) is 4.91. The highest BCUT2D eigenvalue weighted by Crippen LogP contribution is 2.34. The van der Waals surface area contributed by atoms with Gasteiger partial charge < -0.3 is 4.74 Å². The highest BCUT2D eigenvalue weighted by molar-refractivity contribution is 9.10. The molecule has 2 aromatic rings. The molecule has 0 spiro atoms. The smallest absolute Gasteiger partial charge is 0.161 e. The summed E-state index contributed by atoms with van der Waals surface area (Å²) >= 11 is 9.49. The van der Waals surface area contributed by atoms with Crippen molar-refractivity contribution in [3.05, 3.63) is 45.1 Å². The van der Waals surface area contributed by atoms with Crippen LogP contribution in [0.3, 0.4) is 0 Å². The van der Waals surface area contributed by atoms with Gasteiger partial charge >= 0.3 is 0 Å². The quantitative estimate of drug-likeness (QED) is 0.622. The second kappa shape index (κ2) is 6.79. The predicted octanol–water partition coefficient (Wildman–Crippen LogP) is 3.44. The predicted molar refractivity (Wildman–Crippen MR) is 87.5 cm³/mol. The van der Waals surface area contributed by atoms with E-state index in [1.165, 1.54) is 0 Å². The van der Waals surface area contributed by atoms with Crippen molar-refractivity contribution in [1.29, 1.82) is 0 Å².